The van der Waals surface area contributed by atoms with Gasteiger partial charge in [0.05, 0.1) is 30.6 Å². The first-order chi connectivity index (χ1) is 13.1. The lowest BCUT2D eigenvalue weighted by atomic mass is 9.76. The minimum absolute atomic E-state index is 0.0284. The van der Waals surface area contributed by atoms with E-state index < -0.39 is 5.60 Å². The molecule has 2 aromatic rings. The summed E-state index contributed by atoms with van der Waals surface area (Å²) in [6.45, 7) is 0.547. The molecule has 0 unspecified atom stereocenters. The van der Waals surface area contributed by atoms with E-state index in [9.17, 15) is 9.18 Å². The number of hydrogen-bond donors (Lipinski definition) is 0. The molecule has 0 radical (unpaired) electrons. The number of pyridine rings is 1. The van der Waals surface area contributed by atoms with Crippen molar-refractivity contribution in [3.63, 3.8) is 0 Å². The van der Waals surface area contributed by atoms with Gasteiger partial charge in [0.15, 0.2) is 5.60 Å². The van der Waals surface area contributed by atoms with Gasteiger partial charge in [0, 0.05) is 12.8 Å². The van der Waals surface area contributed by atoms with Gasteiger partial charge in [0.1, 0.15) is 12.0 Å². The molecule has 3 fully saturated rings. The number of fused-ring (bicyclic) bond motifs is 1. The zero-order valence-corrected chi connectivity index (χ0v) is 14.9. The zero-order valence-electron chi connectivity index (χ0n) is 14.9. The number of nitrogens with zero attached hydrogens (tertiary/aromatic N) is 2. The summed E-state index contributed by atoms with van der Waals surface area (Å²) in [6, 6.07) is 12.9. The number of carbonyl (C=O) groups is 1. The van der Waals surface area contributed by atoms with Gasteiger partial charge in [-0.05, 0) is 30.5 Å². The van der Waals surface area contributed by atoms with Crippen molar-refractivity contribution in [3.8, 4) is 0 Å². The summed E-state index contributed by atoms with van der Waals surface area (Å²) in [5.74, 6) is -0.341. The van der Waals surface area contributed by atoms with Crippen LogP contribution in [-0.4, -0.2) is 33.7 Å². The lowest BCUT2D eigenvalue weighted by molar-refractivity contribution is -0.177. The molecule has 2 saturated heterocycles. The van der Waals surface area contributed by atoms with Crippen LogP contribution in [0.15, 0.2) is 48.7 Å². The van der Waals surface area contributed by atoms with E-state index in [0.29, 0.717) is 19.4 Å². The molecule has 1 aromatic heterocycles. The van der Waals surface area contributed by atoms with Crippen LogP contribution < -0.4 is 0 Å². The van der Waals surface area contributed by atoms with E-state index in [2.05, 4.69) is 4.98 Å². The van der Waals surface area contributed by atoms with Crippen LogP contribution in [0, 0.1) is 5.82 Å². The third-order valence-electron chi connectivity index (χ3n) is 5.85. The minimum Gasteiger partial charge on any atom is -0.373 e. The maximum atomic E-state index is 13.2. The van der Waals surface area contributed by atoms with Crippen LogP contribution in [0.5, 0.6) is 0 Å². The van der Waals surface area contributed by atoms with Gasteiger partial charge >= 0.3 is 0 Å². The predicted molar refractivity (Wildman–Crippen MR) is 94.9 cm³/mol. The molecule has 0 bridgehead atoms. The third kappa shape index (κ3) is 2.84. The first-order valence-corrected chi connectivity index (χ1v) is 9.42. The van der Waals surface area contributed by atoms with Crippen LogP contribution in [0.3, 0.4) is 0 Å². The second-order valence-corrected chi connectivity index (χ2v) is 7.60. The topological polar surface area (TPSA) is 51.7 Å². The van der Waals surface area contributed by atoms with E-state index in [0.717, 1.165) is 24.1 Å². The lowest BCUT2D eigenvalue weighted by Gasteiger charge is -2.42. The fourth-order valence-corrected chi connectivity index (χ4v) is 4.44. The third-order valence-corrected chi connectivity index (χ3v) is 5.85. The van der Waals surface area contributed by atoms with E-state index >= 15 is 0 Å². The van der Waals surface area contributed by atoms with Crippen molar-refractivity contribution >= 4 is 5.91 Å². The highest BCUT2D eigenvalue weighted by Gasteiger charge is 2.63. The van der Waals surface area contributed by atoms with E-state index in [4.69, 9.17) is 9.47 Å². The summed E-state index contributed by atoms with van der Waals surface area (Å²) in [5.41, 5.74) is 1.11. The van der Waals surface area contributed by atoms with E-state index in [-0.39, 0.29) is 30.1 Å². The van der Waals surface area contributed by atoms with Crippen LogP contribution in [0.4, 0.5) is 4.39 Å². The monoisotopic (exact) mass is 368 g/mol. The van der Waals surface area contributed by atoms with Crippen LogP contribution >= 0.6 is 0 Å². The number of benzene rings is 1. The standard InChI is InChI=1S/C21H21FN2O3/c22-15-6-7-17(23-12-15)18-8-9-19-24(18)20(25)21(27-19)10-16(11-21)26-13-14-4-2-1-3-5-14/h1-7,12,16,18-19H,8-11,13H2/t16?,18-,19+,21?/m0/s1. The molecule has 3 heterocycles. The average molecular weight is 368 g/mol. The number of aromatic nitrogens is 1. The summed E-state index contributed by atoms with van der Waals surface area (Å²) < 4.78 is 25.3. The van der Waals surface area contributed by atoms with Crippen molar-refractivity contribution in [1.29, 1.82) is 0 Å². The molecule has 5 nitrogen and oxygen atoms in total. The van der Waals surface area contributed by atoms with Crippen LogP contribution in [0.2, 0.25) is 0 Å². The van der Waals surface area contributed by atoms with E-state index in [1.165, 1.54) is 12.3 Å². The molecule has 27 heavy (non-hydrogen) atoms. The molecule has 1 aromatic carbocycles. The highest BCUT2D eigenvalue weighted by atomic mass is 19.1. The molecule has 1 amide bonds. The van der Waals surface area contributed by atoms with Crippen molar-refractivity contribution in [3.05, 3.63) is 65.7 Å². The highest BCUT2D eigenvalue weighted by molar-refractivity contribution is 5.89. The van der Waals surface area contributed by atoms with Gasteiger partial charge in [0.2, 0.25) is 0 Å². The first-order valence-electron chi connectivity index (χ1n) is 9.42. The van der Waals surface area contributed by atoms with Crippen molar-refractivity contribution < 1.29 is 18.7 Å². The Labute approximate surface area is 157 Å². The molecule has 1 spiro atoms. The summed E-state index contributed by atoms with van der Waals surface area (Å²) in [5, 5.41) is 0. The smallest absolute Gasteiger partial charge is 0.257 e. The molecule has 140 valence electrons. The van der Waals surface area contributed by atoms with Gasteiger partial charge in [-0.25, -0.2) is 4.39 Å². The van der Waals surface area contributed by atoms with Crippen LogP contribution in [0.1, 0.15) is 43.0 Å². The minimum atomic E-state index is -0.745. The molecule has 1 aliphatic carbocycles. The first kappa shape index (κ1) is 16.8. The lowest BCUT2D eigenvalue weighted by Crippen LogP contribution is -2.54. The SMILES string of the molecule is O=C1N2[C@@H](CC[C@H]2c2ccc(F)cn2)OC12CC(OCc1ccccc1)C2. The Morgan fingerprint density at radius 1 is 1.19 bits per heavy atom. The molecule has 3 aliphatic rings. The Morgan fingerprint density at radius 3 is 2.74 bits per heavy atom. The van der Waals surface area contributed by atoms with E-state index in [1.807, 2.05) is 35.2 Å². The second kappa shape index (κ2) is 6.39. The quantitative estimate of drug-likeness (QED) is 0.830. The van der Waals surface area contributed by atoms with Gasteiger partial charge < -0.3 is 14.4 Å². The van der Waals surface area contributed by atoms with Gasteiger partial charge in [0.25, 0.3) is 5.91 Å². The van der Waals surface area contributed by atoms with E-state index in [1.54, 1.807) is 6.07 Å². The van der Waals surface area contributed by atoms with Crippen molar-refractivity contribution in [2.45, 2.75) is 56.3 Å². The number of halogens is 1. The molecular weight excluding hydrogens is 347 g/mol. The summed E-state index contributed by atoms with van der Waals surface area (Å²) in [4.78, 5) is 19.1. The van der Waals surface area contributed by atoms with Gasteiger partial charge in [-0.1, -0.05) is 30.3 Å². The van der Waals surface area contributed by atoms with Crippen molar-refractivity contribution in [1.82, 2.24) is 9.88 Å². The molecular formula is C21H21FN2O3. The largest absolute Gasteiger partial charge is 0.373 e. The summed E-state index contributed by atoms with van der Waals surface area (Å²) in [6.07, 6.45) is 3.80. The number of carbonyl (C=O) groups excluding carboxylic acids is 1. The van der Waals surface area contributed by atoms with Crippen LogP contribution in [-0.2, 0) is 20.9 Å². The Morgan fingerprint density at radius 2 is 2.00 bits per heavy atom. The van der Waals surface area contributed by atoms with Gasteiger partial charge in [-0.15, -0.1) is 0 Å². The van der Waals surface area contributed by atoms with Gasteiger partial charge in [-0.3, -0.25) is 9.78 Å². The molecule has 2 aliphatic heterocycles. The molecule has 2 atom stereocenters. The Bertz CT molecular complexity index is 836. The highest BCUT2D eigenvalue weighted by Crippen LogP contribution is 2.51. The molecule has 0 N–H and O–H groups in total. The average Bonchev–Trinajstić information content (AvgIpc) is 3.19. The van der Waals surface area contributed by atoms with Crippen LogP contribution in [0.25, 0.3) is 0 Å². The predicted octanol–water partition coefficient (Wildman–Crippen LogP) is 3.36. The Kier molecular flexibility index (Phi) is 3.98. The Balaban J connectivity index is 1.24. The zero-order chi connectivity index (χ0) is 18.4. The fraction of sp³-hybridized carbons (Fsp3) is 0.429. The number of ether oxygens (including phenoxy) is 2. The Hall–Kier alpha value is -2.31. The van der Waals surface area contributed by atoms with Crippen molar-refractivity contribution in [2.24, 2.45) is 0 Å². The molecule has 6 heteroatoms. The molecule has 5 rings (SSSR count). The normalized spacial score (nSPS) is 32.0. The summed E-state index contributed by atoms with van der Waals surface area (Å²) in [7, 11) is 0. The maximum Gasteiger partial charge on any atom is 0.257 e. The fourth-order valence-electron chi connectivity index (χ4n) is 4.44. The number of amides is 1. The molecule has 1 saturated carbocycles. The van der Waals surface area contributed by atoms with Crippen molar-refractivity contribution in [2.75, 3.05) is 0 Å². The number of hydrogen-bond acceptors (Lipinski definition) is 4. The maximum absolute atomic E-state index is 13.2. The van der Waals surface area contributed by atoms with Gasteiger partial charge in [-0.2, -0.15) is 0 Å². The number of rotatable bonds is 4. The summed E-state index contributed by atoms with van der Waals surface area (Å²) >= 11 is 0. The second-order valence-electron chi connectivity index (χ2n) is 7.60.